The first kappa shape index (κ1) is 11.2. The summed E-state index contributed by atoms with van der Waals surface area (Å²) in [5.74, 6) is 0. The summed E-state index contributed by atoms with van der Waals surface area (Å²) >= 11 is 0. The lowest BCUT2D eigenvalue weighted by molar-refractivity contribution is 0.505. The van der Waals surface area contributed by atoms with Crippen molar-refractivity contribution in [3.05, 3.63) is 35.9 Å². The van der Waals surface area contributed by atoms with Gasteiger partial charge in [-0.1, -0.05) is 37.3 Å². The molecule has 0 unspecified atom stereocenters. The van der Waals surface area contributed by atoms with Crippen molar-refractivity contribution in [1.29, 1.82) is 0 Å². The minimum atomic E-state index is 1.14. The van der Waals surface area contributed by atoms with E-state index in [9.17, 15) is 0 Å². The van der Waals surface area contributed by atoms with Gasteiger partial charge in [-0.25, -0.2) is 0 Å². The van der Waals surface area contributed by atoms with E-state index in [2.05, 4.69) is 31.2 Å². The van der Waals surface area contributed by atoms with Gasteiger partial charge in [-0.15, -0.1) is 0 Å². The molecule has 0 atom stereocenters. The molecular formula is C11H19N. The summed E-state index contributed by atoms with van der Waals surface area (Å²) in [6.07, 6.45) is 1.14. The van der Waals surface area contributed by atoms with Gasteiger partial charge in [0.2, 0.25) is 0 Å². The number of aryl methyl sites for hydroxylation is 1. The van der Waals surface area contributed by atoms with Crippen molar-refractivity contribution in [2.24, 2.45) is 0 Å². The lowest BCUT2D eigenvalue weighted by Crippen LogP contribution is -1.99. The van der Waals surface area contributed by atoms with Gasteiger partial charge in [-0.3, -0.25) is 0 Å². The maximum Gasteiger partial charge on any atom is -0.0140 e. The Morgan fingerprint density at radius 2 is 1.42 bits per heavy atom. The minimum Gasteiger partial charge on any atom is -0.312 e. The Bertz CT molecular complexity index is 177. The fourth-order valence-corrected chi connectivity index (χ4v) is 0.714. The van der Waals surface area contributed by atoms with E-state index < -0.39 is 0 Å². The highest BCUT2D eigenvalue weighted by Crippen LogP contribution is 1.96. The normalized spacial score (nSPS) is 9.08. The summed E-state index contributed by atoms with van der Waals surface area (Å²) in [6, 6.07) is 10.5. The second-order valence-electron chi connectivity index (χ2n) is 3.18. The van der Waals surface area contributed by atoms with Crippen molar-refractivity contribution in [3.63, 3.8) is 0 Å². The maximum atomic E-state index is 2.16. The van der Waals surface area contributed by atoms with Crippen LogP contribution in [0.5, 0.6) is 0 Å². The molecule has 12 heavy (non-hydrogen) atoms. The average molecular weight is 165 g/mol. The molecule has 0 saturated carbocycles. The van der Waals surface area contributed by atoms with Crippen LogP contribution in [-0.4, -0.2) is 26.0 Å². The Morgan fingerprint density at radius 3 is 1.67 bits per heavy atom. The van der Waals surface area contributed by atoms with E-state index >= 15 is 0 Å². The summed E-state index contributed by atoms with van der Waals surface area (Å²) < 4.78 is 0. The maximum absolute atomic E-state index is 2.16. The summed E-state index contributed by atoms with van der Waals surface area (Å²) in [4.78, 5) is 2.00. The molecule has 0 fully saturated rings. The van der Waals surface area contributed by atoms with Gasteiger partial charge in [0.15, 0.2) is 0 Å². The Hall–Kier alpha value is -0.820. The zero-order valence-electron chi connectivity index (χ0n) is 8.54. The summed E-state index contributed by atoms with van der Waals surface area (Å²) in [7, 11) is 6.00. The number of nitrogens with zero attached hydrogens (tertiary/aromatic N) is 1. The third kappa shape index (κ3) is 7.29. The Kier molecular flexibility index (Phi) is 6.39. The summed E-state index contributed by atoms with van der Waals surface area (Å²) in [5, 5.41) is 0. The predicted octanol–water partition coefficient (Wildman–Crippen LogP) is 2.43. The van der Waals surface area contributed by atoms with Crippen LogP contribution < -0.4 is 0 Å². The van der Waals surface area contributed by atoms with E-state index in [1.807, 2.05) is 32.1 Å². The summed E-state index contributed by atoms with van der Waals surface area (Å²) in [6.45, 7) is 2.16. The molecule has 1 rings (SSSR count). The number of hydrogen-bond acceptors (Lipinski definition) is 1. The van der Waals surface area contributed by atoms with E-state index in [0.717, 1.165) is 6.42 Å². The van der Waals surface area contributed by atoms with E-state index in [1.165, 1.54) is 5.56 Å². The van der Waals surface area contributed by atoms with Gasteiger partial charge < -0.3 is 4.90 Å². The van der Waals surface area contributed by atoms with Crippen LogP contribution in [0.3, 0.4) is 0 Å². The second kappa shape index (κ2) is 6.86. The molecule has 0 bridgehead atoms. The first-order valence-corrected chi connectivity index (χ1v) is 4.31. The van der Waals surface area contributed by atoms with Crippen LogP contribution in [0.2, 0.25) is 0 Å². The molecule has 0 N–H and O–H groups in total. The average Bonchev–Trinajstić information content (AvgIpc) is 2.05. The lowest BCUT2D eigenvalue weighted by Gasteiger charge is -1.90. The second-order valence-corrected chi connectivity index (χ2v) is 3.18. The predicted molar refractivity (Wildman–Crippen MR) is 55.4 cm³/mol. The highest BCUT2D eigenvalue weighted by molar-refractivity contribution is 5.13. The van der Waals surface area contributed by atoms with Gasteiger partial charge in [0, 0.05) is 0 Å². The molecule has 0 aromatic heterocycles. The van der Waals surface area contributed by atoms with Crippen LogP contribution in [-0.2, 0) is 6.42 Å². The van der Waals surface area contributed by atoms with Crippen LogP contribution in [0, 0.1) is 0 Å². The molecule has 0 heterocycles. The SMILES string of the molecule is CCc1ccccc1.CN(C)C. The third-order valence-electron chi connectivity index (χ3n) is 1.25. The zero-order valence-corrected chi connectivity index (χ0v) is 8.54. The van der Waals surface area contributed by atoms with Crippen LogP contribution >= 0.6 is 0 Å². The molecular weight excluding hydrogens is 146 g/mol. The zero-order chi connectivity index (χ0) is 9.40. The molecule has 0 aliphatic rings. The Labute approximate surface area is 76.0 Å². The first-order chi connectivity index (χ1) is 5.66. The molecule has 0 saturated heterocycles. The highest BCUT2D eigenvalue weighted by Gasteiger charge is 1.79. The smallest absolute Gasteiger partial charge is 0.0140 e. The van der Waals surface area contributed by atoms with Crippen LogP contribution in [0.1, 0.15) is 12.5 Å². The molecule has 0 radical (unpaired) electrons. The monoisotopic (exact) mass is 165 g/mol. The number of hydrogen-bond donors (Lipinski definition) is 0. The van der Waals surface area contributed by atoms with Gasteiger partial charge >= 0.3 is 0 Å². The van der Waals surface area contributed by atoms with Crippen molar-refractivity contribution < 1.29 is 0 Å². The van der Waals surface area contributed by atoms with Crippen molar-refractivity contribution in [2.45, 2.75) is 13.3 Å². The van der Waals surface area contributed by atoms with Crippen LogP contribution in [0.15, 0.2) is 30.3 Å². The van der Waals surface area contributed by atoms with E-state index in [-0.39, 0.29) is 0 Å². The quantitative estimate of drug-likeness (QED) is 0.617. The first-order valence-electron chi connectivity index (χ1n) is 4.31. The fourth-order valence-electron chi connectivity index (χ4n) is 0.714. The van der Waals surface area contributed by atoms with E-state index in [4.69, 9.17) is 0 Å². The van der Waals surface area contributed by atoms with Gasteiger partial charge in [0.25, 0.3) is 0 Å². The van der Waals surface area contributed by atoms with Crippen molar-refractivity contribution in [3.8, 4) is 0 Å². The van der Waals surface area contributed by atoms with Gasteiger partial charge in [0.05, 0.1) is 0 Å². The van der Waals surface area contributed by atoms with Crippen LogP contribution in [0.25, 0.3) is 0 Å². The molecule has 1 heteroatoms. The molecule has 68 valence electrons. The highest BCUT2D eigenvalue weighted by atomic mass is 15.0. The standard InChI is InChI=1S/C8H10.C3H9N/c1-2-8-6-4-3-5-7-8;1-4(2)3/h3-7H,2H2,1H3;1-3H3. The van der Waals surface area contributed by atoms with Crippen LogP contribution in [0.4, 0.5) is 0 Å². The lowest BCUT2D eigenvalue weighted by atomic mass is 10.2. The van der Waals surface area contributed by atoms with Crippen molar-refractivity contribution in [2.75, 3.05) is 21.1 Å². The molecule has 1 aromatic carbocycles. The number of benzene rings is 1. The summed E-state index contributed by atoms with van der Waals surface area (Å²) in [5.41, 5.74) is 1.41. The molecule has 1 nitrogen and oxygen atoms in total. The van der Waals surface area contributed by atoms with Crippen molar-refractivity contribution in [1.82, 2.24) is 4.90 Å². The van der Waals surface area contributed by atoms with Gasteiger partial charge in [0.1, 0.15) is 0 Å². The molecule has 1 aromatic rings. The van der Waals surface area contributed by atoms with Gasteiger partial charge in [-0.2, -0.15) is 0 Å². The van der Waals surface area contributed by atoms with E-state index in [1.54, 1.807) is 0 Å². The third-order valence-corrected chi connectivity index (χ3v) is 1.25. The number of rotatable bonds is 1. The molecule has 0 aliphatic carbocycles. The fraction of sp³-hybridized carbons (Fsp3) is 0.455. The molecule has 0 spiro atoms. The molecule has 0 amide bonds. The van der Waals surface area contributed by atoms with Gasteiger partial charge in [-0.05, 0) is 33.1 Å². The topological polar surface area (TPSA) is 3.24 Å². The molecule has 0 aliphatic heterocycles. The Morgan fingerprint density at radius 1 is 1.00 bits per heavy atom. The minimum absolute atomic E-state index is 1.14. The largest absolute Gasteiger partial charge is 0.312 e. The van der Waals surface area contributed by atoms with Crippen molar-refractivity contribution >= 4 is 0 Å². The van der Waals surface area contributed by atoms with E-state index in [0.29, 0.717) is 0 Å². The Balaban J connectivity index is 0.000000261.